The van der Waals surface area contributed by atoms with Crippen LogP contribution in [0.5, 0.6) is 0 Å². The predicted octanol–water partition coefficient (Wildman–Crippen LogP) is 3.20. The molecule has 0 aliphatic rings. The highest BCUT2D eigenvalue weighted by Gasteiger charge is 2.06. The molecule has 0 radical (unpaired) electrons. The van der Waals surface area contributed by atoms with Gasteiger partial charge in [0.2, 0.25) is 0 Å². The summed E-state index contributed by atoms with van der Waals surface area (Å²) < 4.78 is 17.9. The number of benzene rings is 2. The molecule has 3 N–H and O–H groups in total. The smallest absolute Gasteiger partial charge is 0.338 e. The van der Waals surface area contributed by atoms with Gasteiger partial charge in [0, 0.05) is 6.54 Å². The van der Waals surface area contributed by atoms with Gasteiger partial charge in [-0.1, -0.05) is 12.1 Å². The van der Waals surface area contributed by atoms with Crippen molar-refractivity contribution in [3.8, 4) is 0 Å². The van der Waals surface area contributed by atoms with Crippen molar-refractivity contribution in [1.29, 1.82) is 0 Å². The van der Waals surface area contributed by atoms with Crippen LogP contribution in [0.25, 0.3) is 0 Å². The first-order chi connectivity index (χ1) is 10.1. The lowest BCUT2D eigenvalue weighted by Gasteiger charge is -2.10. The number of nitrogens with one attached hydrogen (secondary N) is 1. The number of carbonyl (C=O) groups is 1. The fourth-order valence-corrected chi connectivity index (χ4v) is 1.86. The number of carbonyl (C=O) groups excluding carboxylic acids is 1. The average molecular weight is 288 g/mol. The number of hydrogen-bond acceptors (Lipinski definition) is 4. The Morgan fingerprint density at radius 3 is 2.57 bits per heavy atom. The Hall–Kier alpha value is -2.56. The molecular formula is C16H17FN2O2. The average Bonchev–Trinajstić information content (AvgIpc) is 2.47. The van der Waals surface area contributed by atoms with Crippen LogP contribution < -0.4 is 11.1 Å². The van der Waals surface area contributed by atoms with Crippen LogP contribution in [0.1, 0.15) is 22.8 Å². The summed E-state index contributed by atoms with van der Waals surface area (Å²) in [7, 11) is 0. The maximum Gasteiger partial charge on any atom is 0.338 e. The summed E-state index contributed by atoms with van der Waals surface area (Å²) in [5.41, 5.74) is 8.24. The molecule has 110 valence electrons. The molecule has 0 heterocycles. The van der Waals surface area contributed by atoms with Crippen molar-refractivity contribution in [2.75, 3.05) is 17.7 Å². The van der Waals surface area contributed by atoms with Gasteiger partial charge >= 0.3 is 5.97 Å². The molecule has 0 fully saturated rings. The second-order valence-corrected chi connectivity index (χ2v) is 4.50. The molecule has 5 heteroatoms. The van der Waals surface area contributed by atoms with E-state index in [1.807, 2.05) is 12.1 Å². The Morgan fingerprint density at radius 2 is 1.95 bits per heavy atom. The first-order valence-electron chi connectivity index (χ1n) is 6.65. The molecule has 0 bridgehead atoms. The Morgan fingerprint density at radius 1 is 1.24 bits per heavy atom. The standard InChI is InChI=1S/C16H17FN2O2/c1-2-21-16(20)12-5-3-11(4-6-12)10-19-15-8-7-13(17)9-14(15)18/h3-9,19H,2,10,18H2,1H3. The van der Waals surface area contributed by atoms with Gasteiger partial charge in [-0.25, -0.2) is 9.18 Å². The monoisotopic (exact) mass is 288 g/mol. The van der Waals surface area contributed by atoms with Crippen LogP contribution >= 0.6 is 0 Å². The minimum Gasteiger partial charge on any atom is -0.462 e. The number of rotatable bonds is 5. The first kappa shape index (κ1) is 14.8. The molecule has 2 aromatic rings. The highest BCUT2D eigenvalue weighted by molar-refractivity contribution is 5.89. The van der Waals surface area contributed by atoms with E-state index in [0.717, 1.165) is 5.56 Å². The fourth-order valence-electron chi connectivity index (χ4n) is 1.86. The van der Waals surface area contributed by atoms with Crippen LogP contribution in [0, 0.1) is 5.82 Å². The zero-order chi connectivity index (χ0) is 15.2. The maximum atomic E-state index is 12.9. The molecule has 0 amide bonds. The number of halogens is 1. The van der Waals surface area contributed by atoms with Gasteiger partial charge in [0.05, 0.1) is 23.5 Å². The Kier molecular flexibility index (Phi) is 4.77. The van der Waals surface area contributed by atoms with Gasteiger partial charge in [-0.15, -0.1) is 0 Å². The zero-order valence-corrected chi connectivity index (χ0v) is 11.7. The lowest BCUT2D eigenvalue weighted by Crippen LogP contribution is -2.06. The molecule has 0 saturated carbocycles. The third-order valence-corrected chi connectivity index (χ3v) is 2.96. The molecular weight excluding hydrogens is 271 g/mol. The van der Waals surface area contributed by atoms with Crippen LogP contribution in [0.4, 0.5) is 15.8 Å². The largest absolute Gasteiger partial charge is 0.462 e. The third kappa shape index (κ3) is 3.95. The lowest BCUT2D eigenvalue weighted by atomic mass is 10.1. The summed E-state index contributed by atoms with van der Waals surface area (Å²) in [5.74, 6) is -0.698. The minimum absolute atomic E-state index is 0.334. The summed E-state index contributed by atoms with van der Waals surface area (Å²) in [5, 5.41) is 3.12. The summed E-state index contributed by atoms with van der Waals surface area (Å²) in [6.45, 7) is 2.65. The van der Waals surface area contributed by atoms with Crippen molar-refractivity contribution >= 4 is 17.3 Å². The van der Waals surface area contributed by atoms with Gasteiger partial charge in [0.25, 0.3) is 0 Å². The second-order valence-electron chi connectivity index (χ2n) is 4.50. The highest BCUT2D eigenvalue weighted by atomic mass is 19.1. The zero-order valence-electron chi connectivity index (χ0n) is 11.7. The van der Waals surface area contributed by atoms with E-state index in [1.165, 1.54) is 12.1 Å². The normalized spacial score (nSPS) is 10.2. The van der Waals surface area contributed by atoms with Crippen molar-refractivity contribution in [3.05, 3.63) is 59.4 Å². The molecule has 2 aromatic carbocycles. The minimum atomic E-state index is -0.364. The van der Waals surface area contributed by atoms with E-state index in [2.05, 4.69) is 5.32 Å². The number of nitrogen functional groups attached to an aromatic ring is 1. The summed E-state index contributed by atoms with van der Waals surface area (Å²) in [4.78, 5) is 11.5. The molecule has 0 atom stereocenters. The maximum absolute atomic E-state index is 12.9. The second kappa shape index (κ2) is 6.74. The van der Waals surface area contributed by atoms with Gasteiger partial charge in [-0.3, -0.25) is 0 Å². The SMILES string of the molecule is CCOC(=O)c1ccc(CNc2ccc(F)cc2N)cc1. The van der Waals surface area contributed by atoms with Gasteiger partial charge in [-0.05, 0) is 42.8 Å². The Balaban J connectivity index is 1.99. The molecule has 0 unspecified atom stereocenters. The molecule has 0 aliphatic carbocycles. The van der Waals surface area contributed by atoms with Crippen molar-refractivity contribution in [2.45, 2.75) is 13.5 Å². The van der Waals surface area contributed by atoms with Crippen molar-refractivity contribution < 1.29 is 13.9 Å². The molecule has 2 rings (SSSR count). The molecule has 0 aliphatic heterocycles. The molecule has 4 nitrogen and oxygen atoms in total. The van der Waals surface area contributed by atoms with Crippen molar-refractivity contribution in [2.24, 2.45) is 0 Å². The van der Waals surface area contributed by atoms with E-state index >= 15 is 0 Å². The summed E-state index contributed by atoms with van der Waals surface area (Å²) >= 11 is 0. The first-order valence-corrected chi connectivity index (χ1v) is 6.65. The van der Waals surface area contributed by atoms with E-state index in [9.17, 15) is 9.18 Å². The molecule has 0 spiro atoms. The Labute approximate surface area is 122 Å². The van der Waals surface area contributed by atoms with E-state index in [4.69, 9.17) is 10.5 Å². The number of anilines is 2. The van der Waals surface area contributed by atoms with Gasteiger partial charge in [-0.2, -0.15) is 0 Å². The van der Waals surface area contributed by atoms with Crippen LogP contribution in [0.3, 0.4) is 0 Å². The third-order valence-electron chi connectivity index (χ3n) is 2.96. The van der Waals surface area contributed by atoms with E-state index < -0.39 is 0 Å². The molecule has 0 saturated heterocycles. The topological polar surface area (TPSA) is 64.3 Å². The van der Waals surface area contributed by atoms with Crippen LogP contribution in [0.2, 0.25) is 0 Å². The number of ether oxygens (including phenoxy) is 1. The Bertz CT molecular complexity index is 627. The summed E-state index contributed by atoms with van der Waals surface area (Å²) in [6.07, 6.45) is 0. The quantitative estimate of drug-likeness (QED) is 0.655. The number of esters is 1. The van der Waals surface area contributed by atoms with Crippen LogP contribution in [-0.2, 0) is 11.3 Å². The molecule has 21 heavy (non-hydrogen) atoms. The number of hydrogen-bond donors (Lipinski definition) is 2. The van der Waals surface area contributed by atoms with E-state index in [1.54, 1.807) is 25.1 Å². The van der Waals surface area contributed by atoms with Gasteiger partial charge in [0.1, 0.15) is 5.82 Å². The predicted molar refractivity (Wildman–Crippen MR) is 80.5 cm³/mol. The highest BCUT2D eigenvalue weighted by Crippen LogP contribution is 2.20. The summed E-state index contributed by atoms with van der Waals surface area (Å²) in [6, 6.07) is 11.3. The van der Waals surface area contributed by atoms with Gasteiger partial charge < -0.3 is 15.8 Å². The van der Waals surface area contributed by atoms with E-state index in [-0.39, 0.29) is 11.8 Å². The van der Waals surface area contributed by atoms with Gasteiger partial charge in [0.15, 0.2) is 0 Å². The fraction of sp³-hybridized carbons (Fsp3) is 0.188. The van der Waals surface area contributed by atoms with Crippen LogP contribution in [0.15, 0.2) is 42.5 Å². The lowest BCUT2D eigenvalue weighted by molar-refractivity contribution is 0.0526. The van der Waals surface area contributed by atoms with Crippen molar-refractivity contribution in [3.63, 3.8) is 0 Å². The molecule has 0 aromatic heterocycles. The van der Waals surface area contributed by atoms with Crippen LogP contribution in [-0.4, -0.2) is 12.6 Å². The number of nitrogens with two attached hydrogens (primary N) is 1. The van der Waals surface area contributed by atoms with Crippen molar-refractivity contribution in [1.82, 2.24) is 0 Å². The van der Waals surface area contributed by atoms with E-state index in [0.29, 0.717) is 30.1 Å².